The second kappa shape index (κ2) is 5.66. The molecule has 0 aliphatic heterocycles. The van der Waals surface area contributed by atoms with E-state index in [9.17, 15) is 9.59 Å². The van der Waals surface area contributed by atoms with Crippen LogP contribution in [0.5, 0.6) is 0 Å². The molecule has 2 heterocycles. The molecule has 2 aromatic rings. The Kier molecular flexibility index (Phi) is 3.94. The van der Waals surface area contributed by atoms with Gasteiger partial charge in [0.1, 0.15) is 0 Å². The first-order chi connectivity index (χ1) is 9.45. The molecular formula is C12H11N3O4S. The van der Waals surface area contributed by atoms with E-state index in [-0.39, 0.29) is 5.76 Å². The van der Waals surface area contributed by atoms with Crippen LogP contribution in [-0.4, -0.2) is 27.0 Å². The van der Waals surface area contributed by atoms with Gasteiger partial charge >= 0.3 is 5.97 Å². The van der Waals surface area contributed by atoms with Gasteiger partial charge in [-0.3, -0.25) is 10.1 Å². The average Bonchev–Trinajstić information content (AvgIpc) is 2.93. The minimum Gasteiger partial charge on any atom is -0.478 e. The Bertz CT molecular complexity index is 687. The van der Waals surface area contributed by atoms with E-state index in [4.69, 9.17) is 9.52 Å². The number of aromatic nitrogens is 2. The Morgan fingerprint density at radius 1 is 1.45 bits per heavy atom. The fourth-order valence-electron chi connectivity index (χ4n) is 1.47. The number of oxazole rings is 1. The van der Waals surface area contributed by atoms with E-state index in [1.54, 1.807) is 13.8 Å². The van der Waals surface area contributed by atoms with Crippen molar-refractivity contribution in [2.75, 3.05) is 5.32 Å². The van der Waals surface area contributed by atoms with Gasteiger partial charge in [0.05, 0.1) is 5.69 Å². The first-order valence-corrected chi connectivity index (χ1v) is 6.39. The molecule has 0 atom stereocenters. The third kappa shape index (κ3) is 3.29. The van der Waals surface area contributed by atoms with E-state index in [1.807, 2.05) is 0 Å². The highest BCUT2D eigenvalue weighted by atomic mass is 32.1. The fourth-order valence-corrected chi connectivity index (χ4v) is 2.18. The Balaban J connectivity index is 2.09. The number of nitrogens with zero attached hydrogens (tertiary/aromatic N) is 2. The minimum atomic E-state index is -1.04. The third-order valence-corrected chi connectivity index (χ3v) is 3.12. The summed E-state index contributed by atoms with van der Waals surface area (Å²) in [6.45, 7) is 3.33. The summed E-state index contributed by atoms with van der Waals surface area (Å²) in [6.07, 6.45) is 3.88. The number of carboxylic acids is 1. The van der Waals surface area contributed by atoms with Crippen LogP contribution in [0, 0.1) is 13.8 Å². The summed E-state index contributed by atoms with van der Waals surface area (Å²) in [5, 5.41) is 11.4. The Morgan fingerprint density at radius 3 is 2.80 bits per heavy atom. The lowest BCUT2D eigenvalue weighted by atomic mass is 10.3. The standard InChI is InChI=1S/C12H11N3O4S/c1-6-10(19-7(2)14-6)11(18)15-12-13-5-8(20-12)3-4-9(16)17/h3-5H,1-2H3,(H,16,17)(H,13,15,18)/b4-3+. The lowest BCUT2D eigenvalue weighted by Crippen LogP contribution is -2.11. The number of amides is 1. The van der Waals surface area contributed by atoms with Gasteiger partial charge in [-0.2, -0.15) is 0 Å². The van der Waals surface area contributed by atoms with E-state index < -0.39 is 11.9 Å². The third-order valence-electron chi connectivity index (χ3n) is 2.24. The average molecular weight is 293 g/mol. The van der Waals surface area contributed by atoms with Crippen LogP contribution >= 0.6 is 11.3 Å². The summed E-state index contributed by atoms with van der Waals surface area (Å²) < 4.78 is 5.20. The number of hydrogen-bond donors (Lipinski definition) is 2. The number of carbonyl (C=O) groups excluding carboxylic acids is 1. The molecule has 0 spiro atoms. The van der Waals surface area contributed by atoms with Crippen molar-refractivity contribution in [3.8, 4) is 0 Å². The molecule has 2 aromatic heterocycles. The van der Waals surface area contributed by atoms with E-state index in [0.717, 1.165) is 17.4 Å². The molecule has 0 saturated heterocycles. The molecule has 0 unspecified atom stereocenters. The zero-order valence-electron chi connectivity index (χ0n) is 10.7. The molecule has 0 bridgehead atoms. The molecule has 0 aromatic carbocycles. The maximum Gasteiger partial charge on any atom is 0.328 e. The summed E-state index contributed by atoms with van der Waals surface area (Å²) >= 11 is 1.16. The van der Waals surface area contributed by atoms with Crippen LogP contribution in [0.2, 0.25) is 0 Å². The molecule has 8 heteroatoms. The number of nitrogens with one attached hydrogen (secondary N) is 1. The molecule has 0 radical (unpaired) electrons. The Morgan fingerprint density at radius 2 is 2.20 bits per heavy atom. The van der Waals surface area contributed by atoms with Crippen molar-refractivity contribution in [1.29, 1.82) is 0 Å². The van der Waals surface area contributed by atoms with Crippen LogP contribution in [0.3, 0.4) is 0 Å². The van der Waals surface area contributed by atoms with Crippen molar-refractivity contribution in [1.82, 2.24) is 9.97 Å². The quantitative estimate of drug-likeness (QED) is 0.836. The molecule has 2 rings (SSSR count). The summed E-state index contributed by atoms with van der Waals surface area (Å²) in [5.74, 6) is -0.930. The van der Waals surface area contributed by atoms with Gasteiger partial charge in [0.15, 0.2) is 11.0 Å². The highest BCUT2D eigenvalue weighted by Gasteiger charge is 2.17. The first-order valence-electron chi connectivity index (χ1n) is 5.58. The van der Waals surface area contributed by atoms with Crippen LogP contribution in [-0.2, 0) is 4.79 Å². The minimum absolute atomic E-state index is 0.139. The van der Waals surface area contributed by atoms with Gasteiger partial charge in [0, 0.05) is 24.1 Å². The van der Waals surface area contributed by atoms with Crippen LogP contribution < -0.4 is 5.32 Å². The van der Waals surface area contributed by atoms with Gasteiger partial charge in [-0.15, -0.1) is 0 Å². The van der Waals surface area contributed by atoms with Crippen molar-refractivity contribution in [2.45, 2.75) is 13.8 Å². The van der Waals surface area contributed by atoms with Crippen molar-refractivity contribution >= 4 is 34.4 Å². The van der Waals surface area contributed by atoms with Gasteiger partial charge in [0.2, 0.25) is 5.76 Å². The van der Waals surface area contributed by atoms with Crippen molar-refractivity contribution in [2.24, 2.45) is 0 Å². The number of rotatable bonds is 4. The maximum atomic E-state index is 11.9. The monoisotopic (exact) mass is 293 g/mol. The highest BCUT2D eigenvalue weighted by Crippen LogP contribution is 2.20. The molecule has 0 aliphatic rings. The van der Waals surface area contributed by atoms with E-state index >= 15 is 0 Å². The first kappa shape index (κ1) is 13.9. The van der Waals surface area contributed by atoms with E-state index in [1.165, 1.54) is 12.3 Å². The summed E-state index contributed by atoms with van der Waals surface area (Å²) in [5.41, 5.74) is 0.502. The van der Waals surface area contributed by atoms with Gasteiger partial charge < -0.3 is 9.52 Å². The number of thiazole rings is 1. The smallest absolute Gasteiger partial charge is 0.328 e. The number of hydrogen-bond acceptors (Lipinski definition) is 6. The fraction of sp³-hybridized carbons (Fsp3) is 0.167. The lowest BCUT2D eigenvalue weighted by Gasteiger charge is -1.97. The predicted octanol–water partition coefficient (Wildman–Crippen LogP) is 2.10. The second-order valence-electron chi connectivity index (χ2n) is 3.84. The van der Waals surface area contributed by atoms with Crippen molar-refractivity contribution in [3.05, 3.63) is 34.5 Å². The maximum absolute atomic E-state index is 11.9. The van der Waals surface area contributed by atoms with Crippen LogP contribution in [0.4, 0.5) is 5.13 Å². The second-order valence-corrected chi connectivity index (χ2v) is 4.90. The molecule has 1 amide bonds. The predicted molar refractivity (Wildman–Crippen MR) is 72.7 cm³/mol. The van der Waals surface area contributed by atoms with E-state index in [2.05, 4.69) is 15.3 Å². The summed E-state index contributed by atoms with van der Waals surface area (Å²) in [6, 6.07) is 0. The van der Waals surface area contributed by atoms with Gasteiger partial charge in [-0.05, 0) is 13.0 Å². The number of aliphatic carboxylic acids is 1. The number of anilines is 1. The molecule has 0 fully saturated rings. The molecule has 0 saturated carbocycles. The van der Waals surface area contributed by atoms with Crippen molar-refractivity contribution < 1.29 is 19.1 Å². The summed E-state index contributed by atoms with van der Waals surface area (Å²) in [7, 11) is 0. The van der Waals surface area contributed by atoms with Crippen LogP contribution in [0.15, 0.2) is 16.7 Å². The van der Waals surface area contributed by atoms with Gasteiger partial charge in [0.25, 0.3) is 5.91 Å². The molecule has 0 aliphatic carbocycles. The van der Waals surface area contributed by atoms with Gasteiger partial charge in [-0.25, -0.2) is 14.8 Å². The molecule has 2 N–H and O–H groups in total. The number of carboxylic acid groups (broad SMARTS) is 1. The zero-order chi connectivity index (χ0) is 14.7. The number of aryl methyl sites for hydroxylation is 2. The molecule has 104 valence electrons. The number of carbonyl (C=O) groups is 2. The van der Waals surface area contributed by atoms with Crippen LogP contribution in [0.1, 0.15) is 27.0 Å². The topological polar surface area (TPSA) is 105 Å². The summed E-state index contributed by atoms with van der Waals surface area (Å²) in [4.78, 5) is 30.9. The SMILES string of the molecule is Cc1nc(C)c(C(=O)Nc2ncc(/C=C/C(=O)O)s2)o1. The van der Waals surface area contributed by atoms with Crippen LogP contribution in [0.25, 0.3) is 6.08 Å². The van der Waals surface area contributed by atoms with Gasteiger partial charge in [-0.1, -0.05) is 11.3 Å². The Hall–Kier alpha value is -2.48. The Labute approximate surface area is 118 Å². The molecular weight excluding hydrogens is 282 g/mol. The molecule has 7 nitrogen and oxygen atoms in total. The highest BCUT2D eigenvalue weighted by molar-refractivity contribution is 7.16. The largest absolute Gasteiger partial charge is 0.478 e. The van der Waals surface area contributed by atoms with Crippen molar-refractivity contribution in [3.63, 3.8) is 0 Å². The normalized spacial score (nSPS) is 10.9. The zero-order valence-corrected chi connectivity index (χ0v) is 11.5. The van der Waals surface area contributed by atoms with E-state index in [0.29, 0.717) is 21.6 Å². The molecule has 20 heavy (non-hydrogen) atoms. The lowest BCUT2D eigenvalue weighted by molar-refractivity contribution is -0.131.